The Balaban J connectivity index is 1.49. The lowest BCUT2D eigenvalue weighted by molar-refractivity contribution is -0.130. The summed E-state index contributed by atoms with van der Waals surface area (Å²) in [6.45, 7) is 3.83. The van der Waals surface area contributed by atoms with E-state index in [1.54, 1.807) is 0 Å². The first-order valence-electron chi connectivity index (χ1n) is 10.7. The maximum atomic E-state index is 12.8. The predicted molar refractivity (Wildman–Crippen MR) is 117 cm³/mol. The Kier molecular flexibility index (Phi) is 6.12. The van der Waals surface area contributed by atoms with Crippen LogP contribution in [0.25, 0.3) is 11.0 Å². The van der Waals surface area contributed by atoms with Crippen LogP contribution < -0.4 is 5.32 Å². The number of nitrogens with zero attached hydrogens (tertiary/aromatic N) is 3. The molecule has 1 atom stereocenters. The number of benzene rings is 2. The number of hydrogen-bond acceptors (Lipinski definition) is 3. The largest absolute Gasteiger partial charge is 0.346 e. The molecule has 1 saturated heterocycles. The highest BCUT2D eigenvalue weighted by Crippen LogP contribution is 2.22. The van der Waals surface area contributed by atoms with Crippen LogP contribution in [0.15, 0.2) is 54.6 Å². The molecule has 1 aromatic heterocycles. The summed E-state index contributed by atoms with van der Waals surface area (Å²) in [5.74, 6) is 0.812. The Labute approximate surface area is 176 Å². The minimum Gasteiger partial charge on any atom is -0.346 e. The van der Waals surface area contributed by atoms with Gasteiger partial charge in [0.1, 0.15) is 12.4 Å². The molecule has 156 valence electrons. The second kappa shape index (κ2) is 9.11. The van der Waals surface area contributed by atoms with Crippen LogP contribution in [0.5, 0.6) is 0 Å². The molecule has 6 heteroatoms. The van der Waals surface area contributed by atoms with Crippen LogP contribution in [-0.2, 0) is 22.6 Å². The number of fused-ring (bicyclic) bond motifs is 1. The number of para-hydroxylation sites is 2. The minimum absolute atomic E-state index is 0.0178. The molecule has 1 fully saturated rings. The van der Waals surface area contributed by atoms with E-state index in [0.717, 1.165) is 48.4 Å². The fourth-order valence-corrected chi connectivity index (χ4v) is 4.07. The van der Waals surface area contributed by atoms with Gasteiger partial charge >= 0.3 is 0 Å². The molecule has 0 saturated carbocycles. The number of rotatable bonds is 7. The van der Waals surface area contributed by atoms with Crippen molar-refractivity contribution in [3.05, 3.63) is 66.0 Å². The summed E-state index contributed by atoms with van der Waals surface area (Å²) in [6, 6.07) is 17.5. The number of aromatic nitrogens is 2. The Bertz CT molecular complexity index is 1020. The van der Waals surface area contributed by atoms with E-state index in [2.05, 4.69) is 5.32 Å². The number of imidazole rings is 1. The number of carbonyl (C=O) groups excluding carboxylic acids is 2. The van der Waals surface area contributed by atoms with Crippen molar-refractivity contribution in [1.29, 1.82) is 0 Å². The van der Waals surface area contributed by atoms with Gasteiger partial charge in [0.25, 0.3) is 0 Å². The third-order valence-corrected chi connectivity index (χ3v) is 5.68. The van der Waals surface area contributed by atoms with Gasteiger partial charge in [0.2, 0.25) is 11.8 Å². The summed E-state index contributed by atoms with van der Waals surface area (Å²) in [6.07, 6.45) is 3.25. The van der Waals surface area contributed by atoms with Crippen LogP contribution in [0.3, 0.4) is 0 Å². The summed E-state index contributed by atoms with van der Waals surface area (Å²) in [5, 5.41) is 3.06. The highest BCUT2D eigenvalue weighted by atomic mass is 16.2. The first-order valence-corrected chi connectivity index (χ1v) is 10.7. The van der Waals surface area contributed by atoms with Crippen LogP contribution in [0.1, 0.15) is 43.6 Å². The monoisotopic (exact) mass is 404 g/mol. The van der Waals surface area contributed by atoms with Gasteiger partial charge in [0.05, 0.1) is 17.1 Å². The van der Waals surface area contributed by atoms with Crippen molar-refractivity contribution >= 4 is 22.8 Å². The maximum Gasteiger partial charge on any atom is 0.242 e. The van der Waals surface area contributed by atoms with Crippen molar-refractivity contribution in [3.63, 3.8) is 0 Å². The van der Waals surface area contributed by atoms with E-state index >= 15 is 0 Å². The van der Waals surface area contributed by atoms with Gasteiger partial charge in [-0.1, -0.05) is 42.5 Å². The van der Waals surface area contributed by atoms with Gasteiger partial charge in [-0.3, -0.25) is 9.59 Å². The van der Waals surface area contributed by atoms with Crippen molar-refractivity contribution in [3.8, 4) is 0 Å². The van der Waals surface area contributed by atoms with Gasteiger partial charge in [-0.15, -0.1) is 0 Å². The summed E-state index contributed by atoms with van der Waals surface area (Å²) < 4.78 is 1.96. The quantitative estimate of drug-likeness (QED) is 0.656. The van der Waals surface area contributed by atoms with Crippen LogP contribution in [0.4, 0.5) is 0 Å². The normalized spacial score (nSPS) is 14.8. The lowest BCUT2D eigenvalue weighted by Crippen LogP contribution is -2.33. The van der Waals surface area contributed by atoms with Crippen molar-refractivity contribution in [2.45, 2.75) is 45.2 Å². The van der Waals surface area contributed by atoms with Crippen molar-refractivity contribution in [2.24, 2.45) is 0 Å². The molecule has 2 heterocycles. The third-order valence-electron chi connectivity index (χ3n) is 5.68. The molecule has 2 aromatic carbocycles. The molecule has 0 spiro atoms. The average molecular weight is 405 g/mol. The number of nitrogens with one attached hydrogen (secondary N) is 1. The first kappa shape index (κ1) is 20.1. The number of likely N-dealkylation sites (tertiary alicyclic amines) is 1. The van der Waals surface area contributed by atoms with E-state index in [4.69, 9.17) is 4.98 Å². The van der Waals surface area contributed by atoms with Crippen LogP contribution in [0, 0.1) is 0 Å². The maximum absolute atomic E-state index is 12.8. The second-order valence-electron chi connectivity index (χ2n) is 7.91. The molecule has 2 amide bonds. The summed E-state index contributed by atoms with van der Waals surface area (Å²) >= 11 is 0. The van der Waals surface area contributed by atoms with E-state index in [1.165, 1.54) is 0 Å². The zero-order valence-electron chi connectivity index (χ0n) is 17.4. The molecule has 3 aromatic rings. The number of aryl methyl sites for hydroxylation is 1. The van der Waals surface area contributed by atoms with Crippen LogP contribution in [0.2, 0.25) is 0 Å². The fraction of sp³-hybridized carbons (Fsp3) is 0.375. The predicted octanol–water partition coefficient (Wildman–Crippen LogP) is 3.47. The summed E-state index contributed by atoms with van der Waals surface area (Å²) in [4.78, 5) is 32.0. The smallest absolute Gasteiger partial charge is 0.242 e. The SMILES string of the molecule is CC(NC(=O)CCc1ccccc1)c1nc2ccccc2n1CC(=O)N1CCCC1. The van der Waals surface area contributed by atoms with E-state index in [1.807, 2.05) is 71.0 Å². The van der Waals surface area contributed by atoms with Crippen molar-refractivity contribution < 1.29 is 9.59 Å². The summed E-state index contributed by atoms with van der Waals surface area (Å²) in [5.41, 5.74) is 2.90. The van der Waals surface area contributed by atoms with Gasteiger partial charge < -0.3 is 14.8 Å². The Hall–Kier alpha value is -3.15. The molecule has 0 bridgehead atoms. The van der Waals surface area contributed by atoms with Crippen LogP contribution in [-0.4, -0.2) is 39.4 Å². The third kappa shape index (κ3) is 4.53. The van der Waals surface area contributed by atoms with Gasteiger partial charge in [-0.25, -0.2) is 4.98 Å². The lowest BCUT2D eigenvalue weighted by Gasteiger charge is -2.19. The first-order chi connectivity index (χ1) is 14.6. The molecule has 1 N–H and O–H groups in total. The highest BCUT2D eigenvalue weighted by Gasteiger charge is 2.23. The topological polar surface area (TPSA) is 67.2 Å². The molecule has 6 nitrogen and oxygen atoms in total. The van der Waals surface area contributed by atoms with Crippen molar-refractivity contribution in [1.82, 2.24) is 19.8 Å². The minimum atomic E-state index is -0.285. The van der Waals surface area contributed by atoms with Crippen LogP contribution >= 0.6 is 0 Å². The van der Waals surface area contributed by atoms with E-state index < -0.39 is 0 Å². The molecule has 0 aliphatic carbocycles. The Morgan fingerprint density at radius 1 is 1.03 bits per heavy atom. The molecule has 1 aliphatic rings. The molecule has 0 radical (unpaired) electrons. The van der Waals surface area contributed by atoms with Gasteiger partial charge in [-0.05, 0) is 43.9 Å². The van der Waals surface area contributed by atoms with Gasteiger partial charge in [0.15, 0.2) is 0 Å². The van der Waals surface area contributed by atoms with E-state index in [9.17, 15) is 9.59 Å². The van der Waals surface area contributed by atoms with Gasteiger partial charge in [-0.2, -0.15) is 0 Å². The average Bonchev–Trinajstić information content (AvgIpc) is 3.42. The van der Waals surface area contributed by atoms with E-state index in [-0.39, 0.29) is 24.4 Å². The molecule has 30 heavy (non-hydrogen) atoms. The Morgan fingerprint density at radius 2 is 1.73 bits per heavy atom. The molecule has 1 unspecified atom stereocenters. The number of carbonyl (C=O) groups is 2. The standard InChI is InChI=1S/C24H28N4O2/c1-18(25-22(29)14-13-19-9-3-2-4-10-19)24-26-20-11-5-6-12-21(20)28(24)17-23(30)27-15-7-8-16-27/h2-6,9-12,18H,7-8,13-17H2,1H3,(H,25,29). The molecular weight excluding hydrogens is 376 g/mol. The highest BCUT2D eigenvalue weighted by molar-refractivity contribution is 5.82. The fourth-order valence-electron chi connectivity index (χ4n) is 4.07. The number of hydrogen-bond donors (Lipinski definition) is 1. The number of amides is 2. The molecule has 4 rings (SSSR count). The molecule has 1 aliphatic heterocycles. The van der Waals surface area contributed by atoms with E-state index in [0.29, 0.717) is 12.8 Å². The van der Waals surface area contributed by atoms with Crippen molar-refractivity contribution in [2.75, 3.05) is 13.1 Å². The molecular formula is C24H28N4O2. The van der Waals surface area contributed by atoms with Gasteiger partial charge in [0, 0.05) is 19.5 Å². The second-order valence-corrected chi connectivity index (χ2v) is 7.91. The Morgan fingerprint density at radius 3 is 2.50 bits per heavy atom. The zero-order valence-corrected chi connectivity index (χ0v) is 17.4. The summed E-state index contributed by atoms with van der Waals surface area (Å²) in [7, 11) is 0. The zero-order chi connectivity index (χ0) is 20.9. The lowest BCUT2D eigenvalue weighted by atomic mass is 10.1.